The van der Waals surface area contributed by atoms with Gasteiger partial charge in [-0.05, 0) is 55.5 Å². The Kier molecular flexibility index (Phi) is 12.5. The van der Waals surface area contributed by atoms with Crippen molar-refractivity contribution in [3.05, 3.63) is 95.6 Å². The lowest BCUT2D eigenvalue weighted by atomic mass is 9.94. The third-order valence-electron chi connectivity index (χ3n) is 8.82. The number of urea groups is 1. The van der Waals surface area contributed by atoms with Crippen LogP contribution in [0.25, 0.3) is 0 Å². The van der Waals surface area contributed by atoms with Crippen LogP contribution in [-0.2, 0) is 34.0 Å². The smallest absolute Gasteiger partial charge is 0.325 e. The fourth-order valence-corrected chi connectivity index (χ4v) is 6.20. The second-order valence-corrected chi connectivity index (χ2v) is 12.4. The fraction of sp³-hybridized carbons (Fsp3) is 0.421. The van der Waals surface area contributed by atoms with Gasteiger partial charge in [0.2, 0.25) is 11.9 Å². The van der Waals surface area contributed by atoms with Crippen molar-refractivity contribution in [2.75, 3.05) is 26.8 Å². The molecule has 1 N–H and O–H groups in total. The summed E-state index contributed by atoms with van der Waals surface area (Å²) in [5.74, 6) is 0.697. The van der Waals surface area contributed by atoms with Crippen LogP contribution in [0.3, 0.4) is 0 Å². The molecule has 10 heteroatoms. The molecule has 1 aliphatic heterocycles. The number of aliphatic imine (C=N–C) groups is 1. The van der Waals surface area contributed by atoms with Crippen LogP contribution in [0.2, 0.25) is 0 Å². The molecule has 3 aromatic rings. The van der Waals surface area contributed by atoms with Crippen molar-refractivity contribution in [1.29, 1.82) is 0 Å². The molecule has 1 heterocycles. The maximum absolute atomic E-state index is 13.8. The summed E-state index contributed by atoms with van der Waals surface area (Å²) in [7, 11) is 1.92. The Morgan fingerprint density at radius 1 is 0.917 bits per heavy atom. The summed E-state index contributed by atoms with van der Waals surface area (Å²) in [6.45, 7) is 3.47. The first-order valence-electron chi connectivity index (χ1n) is 17.0. The molecule has 0 unspecified atom stereocenters. The van der Waals surface area contributed by atoms with E-state index >= 15 is 0 Å². The van der Waals surface area contributed by atoms with Gasteiger partial charge in [0.25, 0.3) is 0 Å². The molecular weight excluding hydrogens is 606 g/mol. The number of fused-ring (bicyclic) bond motifs is 1. The predicted molar refractivity (Wildman–Crippen MR) is 186 cm³/mol. The lowest BCUT2D eigenvalue weighted by molar-refractivity contribution is -0.143. The summed E-state index contributed by atoms with van der Waals surface area (Å²) in [6.07, 6.45) is 6.91. The minimum atomic E-state index is -0.413. The minimum Gasteiger partial charge on any atom is -0.494 e. The van der Waals surface area contributed by atoms with Crippen molar-refractivity contribution in [3.8, 4) is 5.75 Å². The van der Waals surface area contributed by atoms with Crippen molar-refractivity contribution >= 4 is 29.6 Å². The number of benzene rings is 3. The summed E-state index contributed by atoms with van der Waals surface area (Å²) in [5, 5.41) is 2.99. The Morgan fingerprint density at radius 3 is 2.23 bits per heavy atom. The number of hydrogen-bond acceptors (Lipinski definition) is 7. The number of esters is 1. The molecule has 10 nitrogen and oxygen atoms in total. The average molecular weight is 654 g/mol. The molecule has 0 atom stereocenters. The van der Waals surface area contributed by atoms with Crippen LogP contribution in [0.1, 0.15) is 68.6 Å². The van der Waals surface area contributed by atoms with Crippen molar-refractivity contribution < 1.29 is 23.9 Å². The Balaban J connectivity index is 1.26. The van der Waals surface area contributed by atoms with Crippen molar-refractivity contribution in [1.82, 2.24) is 20.0 Å². The van der Waals surface area contributed by atoms with E-state index in [1.807, 2.05) is 90.8 Å². The number of nitrogens with one attached hydrogen (secondary N) is 1. The third-order valence-corrected chi connectivity index (χ3v) is 8.82. The van der Waals surface area contributed by atoms with Gasteiger partial charge in [0.15, 0.2) is 0 Å². The molecule has 0 aromatic heterocycles. The Bertz CT molecular complexity index is 1500. The van der Waals surface area contributed by atoms with Crippen molar-refractivity contribution in [2.24, 2.45) is 4.99 Å². The van der Waals surface area contributed by atoms with E-state index in [4.69, 9.17) is 14.5 Å². The second kappa shape index (κ2) is 17.3. The number of hydrogen-bond donors (Lipinski definition) is 1. The van der Waals surface area contributed by atoms with E-state index < -0.39 is 5.97 Å². The zero-order valence-corrected chi connectivity index (χ0v) is 28.1. The second-order valence-electron chi connectivity index (χ2n) is 12.4. The van der Waals surface area contributed by atoms with Gasteiger partial charge in [0, 0.05) is 44.7 Å². The molecular formula is C38H47N5O5. The van der Waals surface area contributed by atoms with Crippen LogP contribution in [0.15, 0.2) is 83.9 Å². The van der Waals surface area contributed by atoms with Gasteiger partial charge in [-0.3, -0.25) is 14.9 Å². The molecule has 48 heavy (non-hydrogen) atoms. The van der Waals surface area contributed by atoms with E-state index in [1.54, 1.807) is 16.7 Å². The summed E-state index contributed by atoms with van der Waals surface area (Å²) < 4.78 is 11.3. The van der Waals surface area contributed by atoms with Crippen LogP contribution in [0.5, 0.6) is 5.75 Å². The summed E-state index contributed by atoms with van der Waals surface area (Å²) >= 11 is 0. The van der Waals surface area contributed by atoms with Gasteiger partial charge < -0.3 is 24.2 Å². The zero-order valence-electron chi connectivity index (χ0n) is 28.1. The highest BCUT2D eigenvalue weighted by molar-refractivity contribution is 5.99. The van der Waals surface area contributed by atoms with E-state index in [2.05, 4.69) is 5.32 Å². The van der Waals surface area contributed by atoms with E-state index in [9.17, 15) is 14.4 Å². The fourth-order valence-electron chi connectivity index (χ4n) is 6.20. The highest BCUT2D eigenvalue weighted by Crippen LogP contribution is 2.30. The first kappa shape index (κ1) is 34.5. The Labute approximate surface area is 283 Å². The number of ether oxygens (including phenoxy) is 2. The largest absolute Gasteiger partial charge is 0.494 e. The van der Waals surface area contributed by atoms with E-state index in [0.717, 1.165) is 29.5 Å². The summed E-state index contributed by atoms with van der Waals surface area (Å²) in [6, 6.07) is 25.3. The molecule has 3 amide bonds. The SMILES string of the molecule is CCOC(=O)CN1Cc2cc(OCCCC(=O)N(C)C3CCCCC3)ccc2N=C1NC(=O)N(Cc1ccccc1)Cc1ccccc1. The molecule has 1 fully saturated rings. The predicted octanol–water partition coefficient (Wildman–Crippen LogP) is 6.41. The summed E-state index contributed by atoms with van der Waals surface area (Å²) in [5.41, 5.74) is 3.53. The molecule has 0 radical (unpaired) electrons. The van der Waals surface area contributed by atoms with Gasteiger partial charge in [-0.25, -0.2) is 9.79 Å². The molecule has 3 aromatic carbocycles. The molecule has 5 rings (SSSR count). The van der Waals surface area contributed by atoms with Gasteiger partial charge in [-0.15, -0.1) is 0 Å². The monoisotopic (exact) mass is 653 g/mol. The number of rotatable bonds is 13. The van der Waals surface area contributed by atoms with Gasteiger partial charge in [0.1, 0.15) is 12.3 Å². The Hall–Kier alpha value is -4.86. The highest BCUT2D eigenvalue weighted by Gasteiger charge is 2.27. The first-order valence-corrected chi connectivity index (χ1v) is 17.0. The van der Waals surface area contributed by atoms with Gasteiger partial charge in [-0.2, -0.15) is 0 Å². The standard InChI is InChI=1S/C38H47N5O5/c1-3-47-36(45)28-42-27-31-24-33(48-23-13-20-35(44)41(2)32-18-11-6-12-19-32)21-22-34(31)39-37(42)40-38(46)43(25-29-14-7-4-8-15-29)26-30-16-9-5-10-17-30/h4-5,7-10,14-17,21-22,24,32H,3,6,11-13,18-20,23,25-28H2,1-2H3,(H,39,40,46). The summed E-state index contributed by atoms with van der Waals surface area (Å²) in [4.78, 5) is 49.3. The van der Waals surface area contributed by atoms with Crippen LogP contribution in [-0.4, -0.2) is 71.4 Å². The van der Waals surface area contributed by atoms with Crippen molar-refractivity contribution in [3.63, 3.8) is 0 Å². The maximum Gasteiger partial charge on any atom is 0.325 e. The Morgan fingerprint density at radius 2 is 1.58 bits per heavy atom. The van der Waals surface area contributed by atoms with E-state index in [0.29, 0.717) is 56.6 Å². The van der Waals surface area contributed by atoms with E-state index in [-0.39, 0.29) is 31.0 Å². The van der Waals surface area contributed by atoms with Crippen LogP contribution in [0, 0.1) is 0 Å². The normalized spacial score (nSPS) is 14.4. The first-order chi connectivity index (χ1) is 23.4. The number of amides is 3. The van der Waals surface area contributed by atoms with Gasteiger partial charge in [-0.1, -0.05) is 79.9 Å². The molecule has 0 bridgehead atoms. The third kappa shape index (κ3) is 9.82. The molecule has 254 valence electrons. The zero-order chi connectivity index (χ0) is 33.7. The number of nitrogens with zero attached hydrogens (tertiary/aromatic N) is 4. The molecule has 1 saturated carbocycles. The molecule has 1 aliphatic carbocycles. The van der Waals surface area contributed by atoms with Gasteiger partial charge in [0.05, 0.1) is 18.9 Å². The number of carbonyl (C=O) groups excluding carboxylic acids is 3. The molecule has 2 aliphatic rings. The highest BCUT2D eigenvalue weighted by atomic mass is 16.5. The van der Waals surface area contributed by atoms with Crippen molar-refractivity contribution in [2.45, 2.75) is 77.5 Å². The molecule has 0 spiro atoms. The maximum atomic E-state index is 13.8. The quantitative estimate of drug-likeness (QED) is 0.169. The molecule has 0 saturated heterocycles. The lowest BCUT2D eigenvalue weighted by Gasteiger charge is -2.31. The lowest BCUT2D eigenvalue weighted by Crippen LogP contribution is -2.51. The van der Waals surface area contributed by atoms with E-state index in [1.165, 1.54) is 19.3 Å². The van der Waals surface area contributed by atoms with Crippen LogP contribution in [0.4, 0.5) is 10.5 Å². The topological polar surface area (TPSA) is 104 Å². The number of carbonyl (C=O) groups is 3. The number of guanidine groups is 1. The minimum absolute atomic E-state index is 0.0779. The van der Waals surface area contributed by atoms with Gasteiger partial charge >= 0.3 is 12.0 Å². The van der Waals surface area contributed by atoms with Crippen LogP contribution < -0.4 is 10.1 Å². The average Bonchev–Trinajstić information content (AvgIpc) is 3.11. The van der Waals surface area contributed by atoms with Crippen LogP contribution >= 0.6 is 0 Å².